The quantitative estimate of drug-likeness (QED) is 0.460. The summed E-state index contributed by atoms with van der Waals surface area (Å²) in [6.45, 7) is -3.19. The molecule has 2 heterocycles. The van der Waals surface area contributed by atoms with Gasteiger partial charge in [-0.2, -0.15) is 8.78 Å². The number of aromatic nitrogens is 4. The Bertz CT molecular complexity index is 1290. The smallest absolute Gasteiger partial charge is 0.388 e. The number of carbonyl (C=O) groups is 1. The second-order valence-electron chi connectivity index (χ2n) is 6.62. The molecule has 164 valence electrons. The number of ether oxygens (including phenoxy) is 2. The van der Waals surface area contributed by atoms with E-state index in [1.807, 2.05) is 0 Å². The fraction of sp³-hybridized carbons (Fsp3) is 0.143. The molecule has 2 aromatic heterocycles. The molecular weight excluding hydrogens is 429 g/mol. The van der Waals surface area contributed by atoms with Gasteiger partial charge in [-0.05, 0) is 24.3 Å². The topological polar surface area (TPSA) is 99.4 Å². The molecular formula is C21H15F3N4O4. The van der Waals surface area contributed by atoms with Crippen molar-refractivity contribution in [2.24, 2.45) is 0 Å². The van der Waals surface area contributed by atoms with E-state index in [1.54, 1.807) is 6.07 Å². The first-order valence-electron chi connectivity index (χ1n) is 9.19. The van der Waals surface area contributed by atoms with E-state index in [9.17, 15) is 23.1 Å². The number of alkyl halides is 2. The fourth-order valence-electron chi connectivity index (χ4n) is 3.23. The van der Waals surface area contributed by atoms with Gasteiger partial charge < -0.3 is 14.6 Å². The maximum atomic E-state index is 13.8. The van der Waals surface area contributed by atoms with Crippen molar-refractivity contribution >= 4 is 16.9 Å². The van der Waals surface area contributed by atoms with E-state index in [0.717, 1.165) is 0 Å². The number of halogens is 3. The van der Waals surface area contributed by atoms with E-state index in [-0.39, 0.29) is 23.0 Å². The highest BCUT2D eigenvalue weighted by atomic mass is 19.3. The molecule has 8 nitrogen and oxygen atoms in total. The molecule has 32 heavy (non-hydrogen) atoms. The van der Waals surface area contributed by atoms with Gasteiger partial charge in [0.15, 0.2) is 0 Å². The molecule has 0 fully saturated rings. The van der Waals surface area contributed by atoms with E-state index in [1.165, 1.54) is 54.5 Å². The Balaban J connectivity index is 1.70. The third kappa shape index (κ3) is 4.17. The molecule has 0 bridgehead atoms. The van der Waals surface area contributed by atoms with Gasteiger partial charge in [-0.15, -0.1) is 5.10 Å². The average molecular weight is 444 g/mol. The number of fused-ring (bicyclic) bond motifs is 1. The highest BCUT2D eigenvalue weighted by molar-refractivity contribution is 6.03. The summed E-state index contributed by atoms with van der Waals surface area (Å²) in [7, 11) is 1.42. The van der Waals surface area contributed by atoms with Gasteiger partial charge in [0.05, 0.1) is 53.9 Å². The van der Waals surface area contributed by atoms with Crippen LogP contribution in [-0.2, 0) is 6.54 Å². The van der Waals surface area contributed by atoms with Crippen molar-refractivity contribution in [3.8, 4) is 22.9 Å². The maximum Gasteiger partial charge on any atom is 0.388 e. The van der Waals surface area contributed by atoms with Gasteiger partial charge >= 0.3 is 12.6 Å². The van der Waals surface area contributed by atoms with Gasteiger partial charge in [0.1, 0.15) is 11.6 Å². The van der Waals surface area contributed by atoms with Gasteiger partial charge in [0.25, 0.3) is 0 Å². The summed E-state index contributed by atoms with van der Waals surface area (Å²) < 4.78 is 50.0. The summed E-state index contributed by atoms with van der Waals surface area (Å²) >= 11 is 0. The Hall–Kier alpha value is -4.15. The first-order valence-corrected chi connectivity index (χ1v) is 9.19. The number of carboxylic acid groups (broad SMARTS) is 1. The van der Waals surface area contributed by atoms with Crippen molar-refractivity contribution in [3.05, 3.63) is 65.9 Å². The minimum atomic E-state index is -3.13. The summed E-state index contributed by atoms with van der Waals surface area (Å²) in [5.74, 6) is -1.82. The Labute approximate surface area is 178 Å². The van der Waals surface area contributed by atoms with E-state index >= 15 is 0 Å². The standard InChI is InChI=1S/C21H15F3N4O4/c1-31-14-6-11(5-12(22)7-14)17-9-25-13(8-26-17)10-28-18-15(19(27-28)32-21(23)24)3-2-4-16(18)20(29)30/h2-9,21H,10H2,1H3,(H,29,30). The molecule has 0 atom stereocenters. The Morgan fingerprint density at radius 2 is 2.00 bits per heavy atom. The van der Waals surface area contributed by atoms with Crippen LogP contribution in [0.25, 0.3) is 22.2 Å². The van der Waals surface area contributed by atoms with E-state index in [0.29, 0.717) is 22.7 Å². The van der Waals surface area contributed by atoms with Crippen molar-refractivity contribution in [2.75, 3.05) is 7.11 Å². The van der Waals surface area contributed by atoms with Crippen LogP contribution in [0.5, 0.6) is 11.6 Å². The van der Waals surface area contributed by atoms with Crippen molar-refractivity contribution in [3.63, 3.8) is 0 Å². The second kappa shape index (κ2) is 8.53. The number of aromatic carboxylic acids is 1. The second-order valence-corrected chi connectivity index (χ2v) is 6.62. The number of para-hydroxylation sites is 1. The molecule has 0 aliphatic rings. The minimum Gasteiger partial charge on any atom is -0.497 e. The zero-order valence-corrected chi connectivity index (χ0v) is 16.5. The summed E-state index contributed by atoms with van der Waals surface area (Å²) in [6, 6.07) is 8.29. The van der Waals surface area contributed by atoms with Crippen LogP contribution in [0.2, 0.25) is 0 Å². The maximum absolute atomic E-state index is 13.8. The first-order chi connectivity index (χ1) is 15.4. The minimum absolute atomic E-state index is 0.0624. The zero-order chi connectivity index (χ0) is 22.8. The molecule has 11 heteroatoms. The Morgan fingerprint density at radius 3 is 2.66 bits per heavy atom. The summed E-state index contributed by atoms with van der Waals surface area (Å²) in [5.41, 5.74) is 1.17. The third-order valence-electron chi connectivity index (χ3n) is 4.59. The van der Waals surface area contributed by atoms with Crippen LogP contribution in [0.1, 0.15) is 16.1 Å². The van der Waals surface area contributed by atoms with Crippen molar-refractivity contribution < 1.29 is 32.5 Å². The predicted molar refractivity (Wildman–Crippen MR) is 106 cm³/mol. The van der Waals surface area contributed by atoms with Crippen LogP contribution < -0.4 is 9.47 Å². The average Bonchev–Trinajstić information content (AvgIpc) is 3.10. The Morgan fingerprint density at radius 1 is 1.19 bits per heavy atom. The van der Waals surface area contributed by atoms with Crippen LogP contribution in [0.3, 0.4) is 0 Å². The highest BCUT2D eigenvalue weighted by Gasteiger charge is 2.21. The van der Waals surface area contributed by atoms with E-state index in [4.69, 9.17) is 4.74 Å². The third-order valence-corrected chi connectivity index (χ3v) is 4.59. The van der Waals surface area contributed by atoms with Crippen LogP contribution in [0, 0.1) is 5.82 Å². The zero-order valence-electron chi connectivity index (χ0n) is 16.5. The number of rotatable bonds is 7. The van der Waals surface area contributed by atoms with Crippen LogP contribution in [-0.4, -0.2) is 44.5 Å². The summed E-state index contributed by atoms with van der Waals surface area (Å²) in [4.78, 5) is 20.2. The lowest BCUT2D eigenvalue weighted by Gasteiger charge is -2.07. The molecule has 0 saturated heterocycles. The number of nitrogens with zero attached hydrogens (tertiary/aromatic N) is 4. The highest BCUT2D eigenvalue weighted by Crippen LogP contribution is 2.30. The molecule has 0 radical (unpaired) electrons. The first kappa shape index (κ1) is 21.1. The number of benzene rings is 2. The van der Waals surface area contributed by atoms with Gasteiger partial charge in [-0.25, -0.2) is 9.18 Å². The van der Waals surface area contributed by atoms with Crippen LogP contribution in [0.15, 0.2) is 48.8 Å². The molecule has 0 aliphatic heterocycles. The normalized spacial score (nSPS) is 11.2. The number of methoxy groups -OCH3 is 1. The largest absolute Gasteiger partial charge is 0.497 e. The summed E-state index contributed by atoms with van der Waals surface area (Å²) in [5, 5.41) is 13.6. The van der Waals surface area contributed by atoms with Gasteiger partial charge in [0, 0.05) is 11.6 Å². The van der Waals surface area contributed by atoms with Gasteiger partial charge in [0.2, 0.25) is 5.88 Å². The lowest BCUT2D eigenvalue weighted by molar-refractivity contribution is -0.0522. The van der Waals surface area contributed by atoms with Crippen molar-refractivity contribution in [2.45, 2.75) is 13.2 Å². The van der Waals surface area contributed by atoms with Crippen LogP contribution in [0.4, 0.5) is 13.2 Å². The monoisotopic (exact) mass is 444 g/mol. The molecule has 1 N–H and O–H groups in total. The molecule has 0 spiro atoms. The molecule has 4 aromatic rings. The molecule has 4 rings (SSSR count). The predicted octanol–water partition coefficient (Wildman–Crippen LogP) is 3.99. The Kier molecular flexibility index (Phi) is 5.63. The number of hydrogen-bond acceptors (Lipinski definition) is 6. The molecule has 0 saturated carbocycles. The van der Waals surface area contributed by atoms with Crippen LogP contribution >= 0.6 is 0 Å². The molecule has 0 aliphatic carbocycles. The van der Waals surface area contributed by atoms with E-state index in [2.05, 4.69) is 19.8 Å². The number of carboxylic acids is 1. The molecule has 0 unspecified atom stereocenters. The lowest BCUT2D eigenvalue weighted by atomic mass is 10.1. The van der Waals surface area contributed by atoms with E-state index < -0.39 is 24.3 Å². The lowest BCUT2D eigenvalue weighted by Crippen LogP contribution is -2.08. The van der Waals surface area contributed by atoms with Crippen molar-refractivity contribution in [1.29, 1.82) is 0 Å². The SMILES string of the molecule is COc1cc(F)cc(-c2cnc(Cn3nc(OC(F)F)c4cccc(C(=O)O)c43)cn2)c1. The molecule has 0 amide bonds. The van der Waals surface area contributed by atoms with Gasteiger partial charge in [-0.3, -0.25) is 14.6 Å². The number of hydrogen-bond donors (Lipinski definition) is 1. The fourth-order valence-corrected chi connectivity index (χ4v) is 3.23. The van der Waals surface area contributed by atoms with Crippen molar-refractivity contribution in [1.82, 2.24) is 19.7 Å². The molecule has 2 aromatic carbocycles. The summed E-state index contributed by atoms with van der Waals surface area (Å²) in [6.07, 6.45) is 2.81. The van der Waals surface area contributed by atoms with Gasteiger partial charge in [-0.1, -0.05) is 6.07 Å².